The Labute approximate surface area is 236 Å². The van der Waals surface area contributed by atoms with E-state index >= 15 is 0 Å². The third kappa shape index (κ3) is 8.08. The highest BCUT2D eigenvalue weighted by Gasteiger charge is 2.48. The smallest absolute Gasteiger partial charge is 0.184 e. The molecule has 5 atom stereocenters. The van der Waals surface area contributed by atoms with E-state index in [0.29, 0.717) is 26.4 Å². The molecule has 0 aromatic heterocycles. The van der Waals surface area contributed by atoms with Gasteiger partial charge in [0.1, 0.15) is 24.4 Å². The molecule has 0 radical (unpaired) electrons. The van der Waals surface area contributed by atoms with E-state index in [4.69, 9.17) is 23.7 Å². The van der Waals surface area contributed by atoms with Crippen LogP contribution in [0, 0.1) is 0 Å². The minimum absolute atomic E-state index is 0.224. The molecule has 4 aromatic rings. The molecule has 2 unspecified atom stereocenters. The first-order chi connectivity index (χ1) is 19.8. The third-order valence-corrected chi connectivity index (χ3v) is 6.86. The molecule has 0 spiro atoms. The van der Waals surface area contributed by atoms with E-state index in [9.17, 15) is 5.11 Å². The Balaban J connectivity index is 1.36. The largest absolute Gasteiger partial charge is 0.374 e. The molecule has 1 aliphatic rings. The maximum absolute atomic E-state index is 11.2. The van der Waals surface area contributed by atoms with Gasteiger partial charge in [0.05, 0.1) is 33.0 Å². The van der Waals surface area contributed by atoms with Crippen LogP contribution in [0.3, 0.4) is 0 Å². The maximum Gasteiger partial charge on any atom is 0.184 e. The van der Waals surface area contributed by atoms with Gasteiger partial charge in [0.2, 0.25) is 0 Å². The predicted molar refractivity (Wildman–Crippen MR) is 152 cm³/mol. The van der Waals surface area contributed by atoms with Gasteiger partial charge in [0, 0.05) is 0 Å². The van der Waals surface area contributed by atoms with Gasteiger partial charge in [-0.25, -0.2) is 0 Å². The van der Waals surface area contributed by atoms with Gasteiger partial charge in [-0.1, -0.05) is 121 Å². The first kappa shape index (κ1) is 28.2. The molecular weight excluding hydrogens is 504 g/mol. The molecule has 6 heteroatoms. The lowest BCUT2D eigenvalue weighted by Crippen LogP contribution is -2.61. The van der Waals surface area contributed by atoms with Gasteiger partial charge in [-0.05, 0) is 22.3 Å². The molecule has 5 rings (SSSR count). The summed E-state index contributed by atoms with van der Waals surface area (Å²) in [6.45, 7) is 1.65. The SMILES string of the molecule is O[C@@H]1OC(COCc2ccccc2)[C@@H](OCc2ccccc2)C(OCc2ccccc2)[C@@H]1OCc1ccccc1. The molecule has 1 fully saturated rings. The Bertz CT molecular complexity index is 1240. The Morgan fingerprint density at radius 3 is 1.30 bits per heavy atom. The minimum Gasteiger partial charge on any atom is -0.374 e. The molecule has 1 N–H and O–H groups in total. The van der Waals surface area contributed by atoms with Gasteiger partial charge in [-0.3, -0.25) is 0 Å². The summed E-state index contributed by atoms with van der Waals surface area (Å²) in [5.41, 5.74) is 4.10. The summed E-state index contributed by atoms with van der Waals surface area (Å²) in [5, 5.41) is 11.2. The summed E-state index contributed by atoms with van der Waals surface area (Å²) in [4.78, 5) is 0. The minimum atomic E-state index is -1.22. The van der Waals surface area contributed by atoms with Crippen LogP contribution >= 0.6 is 0 Å². The summed E-state index contributed by atoms with van der Waals surface area (Å²) in [6.07, 6.45) is -3.72. The summed E-state index contributed by atoms with van der Waals surface area (Å²) < 4.78 is 31.4. The van der Waals surface area contributed by atoms with Crippen LogP contribution in [0.5, 0.6) is 0 Å². The Kier molecular flexibility index (Phi) is 10.5. The van der Waals surface area contributed by atoms with Crippen molar-refractivity contribution < 1.29 is 28.8 Å². The Hall–Kier alpha value is -3.36. The zero-order valence-corrected chi connectivity index (χ0v) is 22.5. The van der Waals surface area contributed by atoms with Crippen LogP contribution in [0.4, 0.5) is 0 Å². The van der Waals surface area contributed by atoms with Crippen molar-refractivity contribution >= 4 is 0 Å². The Morgan fingerprint density at radius 2 is 0.850 bits per heavy atom. The van der Waals surface area contributed by atoms with Crippen molar-refractivity contribution in [3.63, 3.8) is 0 Å². The van der Waals surface area contributed by atoms with E-state index in [1.807, 2.05) is 121 Å². The first-order valence-corrected chi connectivity index (χ1v) is 13.7. The quantitative estimate of drug-likeness (QED) is 0.236. The number of rotatable bonds is 13. The third-order valence-electron chi connectivity index (χ3n) is 6.86. The van der Waals surface area contributed by atoms with Crippen LogP contribution < -0.4 is 0 Å². The lowest BCUT2D eigenvalue weighted by atomic mass is 9.98. The maximum atomic E-state index is 11.2. The molecule has 6 nitrogen and oxygen atoms in total. The van der Waals surface area contributed by atoms with Gasteiger partial charge in [-0.2, -0.15) is 0 Å². The first-order valence-electron chi connectivity index (χ1n) is 13.7. The van der Waals surface area contributed by atoms with Gasteiger partial charge >= 0.3 is 0 Å². The van der Waals surface area contributed by atoms with E-state index in [0.717, 1.165) is 22.3 Å². The average molecular weight is 541 g/mol. The fraction of sp³-hybridized carbons (Fsp3) is 0.294. The average Bonchev–Trinajstić information content (AvgIpc) is 3.01. The van der Waals surface area contributed by atoms with Crippen LogP contribution in [0.1, 0.15) is 22.3 Å². The second-order valence-electron chi connectivity index (χ2n) is 9.85. The standard InChI is InChI=1S/C34H36O6/c35-34-33(39-24-29-19-11-4-12-20-29)32(38-23-28-17-9-3-10-18-28)31(37-22-27-15-7-2-8-16-27)30(40-34)25-36-21-26-13-5-1-6-14-26/h1-20,30-35H,21-25H2/t30?,31-,32?,33+,34-/m1/s1. The number of aliphatic hydroxyl groups is 1. The Morgan fingerprint density at radius 1 is 0.475 bits per heavy atom. The summed E-state index contributed by atoms with van der Waals surface area (Å²) in [5.74, 6) is 0. The highest BCUT2D eigenvalue weighted by Crippen LogP contribution is 2.30. The molecule has 0 amide bonds. The molecule has 1 aliphatic heterocycles. The second-order valence-corrected chi connectivity index (χ2v) is 9.85. The van der Waals surface area contributed by atoms with Crippen molar-refractivity contribution in [3.05, 3.63) is 144 Å². The topological polar surface area (TPSA) is 66.4 Å². The van der Waals surface area contributed by atoms with Crippen LogP contribution in [0.2, 0.25) is 0 Å². The van der Waals surface area contributed by atoms with Crippen molar-refractivity contribution in [1.29, 1.82) is 0 Å². The lowest BCUT2D eigenvalue weighted by Gasteiger charge is -2.44. The van der Waals surface area contributed by atoms with E-state index in [1.165, 1.54) is 0 Å². The monoisotopic (exact) mass is 540 g/mol. The summed E-state index contributed by atoms with van der Waals surface area (Å²) >= 11 is 0. The number of ether oxygens (including phenoxy) is 5. The van der Waals surface area contributed by atoms with Crippen LogP contribution in [-0.4, -0.2) is 42.4 Å². The van der Waals surface area contributed by atoms with Crippen LogP contribution in [0.25, 0.3) is 0 Å². The van der Waals surface area contributed by atoms with E-state index in [2.05, 4.69) is 0 Å². The zero-order valence-electron chi connectivity index (χ0n) is 22.5. The molecule has 1 saturated heterocycles. The number of aliphatic hydroxyl groups excluding tert-OH is 1. The number of hydrogen-bond acceptors (Lipinski definition) is 6. The number of hydrogen-bond donors (Lipinski definition) is 1. The van der Waals surface area contributed by atoms with E-state index in [-0.39, 0.29) is 6.61 Å². The van der Waals surface area contributed by atoms with Crippen LogP contribution in [-0.2, 0) is 50.1 Å². The molecule has 0 bridgehead atoms. The van der Waals surface area contributed by atoms with Crippen molar-refractivity contribution in [2.24, 2.45) is 0 Å². The van der Waals surface area contributed by atoms with Crippen molar-refractivity contribution in [2.75, 3.05) is 6.61 Å². The van der Waals surface area contributed by atoms with Crippen molar-refractivity contribution in [1.82, 2.24) is 0 Å². The molecule has 0 saturated carbocycles. The van der Waals surface area contributed by atoms with E-state index in [1.54, 1.807) is 0 Å². The van der Waals surface area contributed by atoms with Gasteiger partial charge in [0.15, 0.2) is 6.29 Å². The predicted octanol–water partition coefficient (Wildman–Crippen LogP) is 5.68. The summed E-state index contributed by atoms with van der Waals surface area (Å²) in [6, 6.07) is 39.7. The normalized spacial score (nSPS) is 22.7. The summed E-state index contributed by atoms with van der Waals surface area (Å²) in [7, 11) is 0. The fourth-order valence-corrected chi connectivity index (χ4v) is 4.77. The molecular formula is C34H36O6. The highest BCUT2D eigenvalue weighted by atomic mass is 16.7. The van der Waals surface area contributed by atoms with Crippen molar-refractivity contribution in [2.45, 2.75) is 57.1 Å². The van der Waals surface area contributed by atoms with Gasteiger partial charge < -0.3 is 28.8 Å². The van der Waals surface area contributed by atoms with Gasteiger partial charge in [0.25, 0.3) is 0 Å². The number of benzene rings is 4. The fourth-order valence-electron chi connectivity index (χ4n) is 4.77. The van der Waals surface area contributed by atoms with E-state index < -0.39 is 30.7 Å². The van der Waals surface area contributed by atoms with Crippen LogP contribution in [0.15, 0.2) is 121 Å². The van der Waals surface area contributed by atoms with Gasteiger partial charge in [-0.15, -0.1) is 0 Å². The molecule has 208 valence electrons. The molecule has 4 aromatic carbocycles. The highest BCUT2D eigenvalue weighted by molar-refractivity contribution is 5.16. The zero-order chi connectivity index (χ0) is 27.4. The second kappa shape index (κ2) is 14.9. The lowest BCUT2D eigenvalue weighted by molar-refractivity contribution is -0.317. The van der Waals surface area contributed by atoms with Crippen molar-refractivity contribution in [3.8, 4) is 0 Å². The molecule has 0 aliphatic carbocycles. The molecule has 1 heterocycles. The molecule has 40 heavy (non-hydrogen) atoms.